The summed E-state index contributed by atoms with van der Waals surface area (Å²) in [5.41, 5.74) is 1.94. The molecule has 26 heavy (non-hydrogen) atoms. The SMILES string of the molecule is COc1ccc(C[NH+]2CC[NH+](CC(=O)Nc3ccc(F)cc3)CC2)cc1. The smallest absolute Gasteiger partial charge is 0.279 e. The fourth-order valence-corrected chi connectivity index (χ4v) is 3.31. The molecule has 0 aliphatic carbocycles. The zero-order valence-electron chi connectivity index (χ0n) is 15.1. The topological polar surface area (TPSA) is 47.2 Å². The van der Waals surface area contributed by atoms with E-state index in [-0.39, 0.29) is 11.7 Å². The van der Waals surface area contributed by atoms with E-state index in [1.807, 2.05) is 12.1 Å². The van der Waals surface area contributed by atoms with Crippen molar-refractivity contribution in [2.45, 2.75) is 6.54 Å². The molecule has 3 rings (SSSR count). The summed E-state index contributed by atoms with van der Waals surface area (Å²) in [5, 5.41) is 2.83. The normalized spacial score (nSPS) is 19.8. The summed E-state index contributed by atoms with van der Waals surface area (Å²) in [6.07, 6.45) is 0. The Hall–Kier alpha value is -2.44. The Kier molecular flexibility index (Phi) is 6.20. The van der Waals surface area contributed by atoms with Crippen molar-refractivity contribution in [1.29, 1.82) is 0 Å². The summed E-state index contributed by atoms with van der Waals surface area (Å²) in [6.45, 7) is 5.49. The van der Waals surface area contributed by atoms with Crippen LogP contribution >= 0.6 is 0 Å². The van der Waals surface area contributed by atoms with Gasteiger partial charge < -0.3 is 19.9 Å². The highest BCUT2D eigenvalue weighted by Crippen LogP contribution is 2.10. The van der Waals surface area contributed by atoms with Gasteiger partial charge in [-0.25, -0.2) is 4.39 Å². The van der Waals surface area contributed by atoms with Crippen LogP contribution in [0.25, 0.3) is 0 Å². The van der Waals surface area contributed by atoms with Crippen LogP contribution in [-0.2, 0) is 11.3 Å². The van der Waals surface area contributed by atoms with Gasteiger partial charge in [-0.1, -0.05) is 0 Å². The Balaban J connectivity index is 1.41. The number of hydrogen-bond donors (Lipinski definition) is 3. The Morgan fingerprint density at radius 3 is 2.23 bits per heavy atom. The zero-order chi connectivity index (χ0) is 18.4. The van der Waals surface area contributed by atoms with Gasteiger partial charge in [-0.3, -0.25) is 4.79 Å². The minimum atomic E-state index is -0.301. The molecule has 1 aliphatic rings. The average molecular weight is 359 g/mol. The standard InChI is InChI=1S/C20H24FN3O2/c1-26-19-8-2-16(3-9-19)14-23-10-12-24(13-11-23)15-20(25)22-18-6-4-17(21)5-7-18/h2-9H,10-15H2,1H3,(H,22,25)/p+2. The lowest BCUT2D eigenvalue weighted by atomic mass is 10.2. The number of hydrogen-bond acceptors (Lipinski definition) is 2. The van der Waals surface area contributed by atoms with Gasteiger partial charge in [0.05, 0.1) is 7.11 Å². The molecule has 0 aromatic heterocycles. The van der Waals surface area contributed by atoms with E-state index in [0.717, 1.165) is 38.5 Å². The first-order chi connectivity index (χ1) is 12.6. The average Bonchev–Trinajstić information content (AvgIpc) is 2.66. The second kappa shape index (κ2) is 8.78. The van der Waals surface area contributed by atoms with Crippen LogP contribution < -0.4 is 19.9 Å². The first kappa shape index (κ1) is 18.4. The third-order valence-electron chi connectivity index (χ3n) is 4.82. The number of ether oxygens (including phenoxy) is 1. The molecule has 0 spiro atoms. The van der Waals surface area contributed by atoms with E-state index in [2.05, 4.69) is 17.4 Å². The number of rotatable bonds is 6. The first-order valence-corrected chi connectivity index (χ1v) is 8.98. The number of anilines is 1. The van der Waals surface area contributed by atoms with Gasteiger partial charge in [0.15, 0.2) is 6.54 Å². The molecule has 0 atom stereocenters. The molecule has 138 valence electrons. The minimum Gasteiger partial charge on any atom is -0.497 e. The summed E-state index contributed by atoms with van der Waals surface area (Å²) in [6, 6.07) is 14.1. The van der Waals surface area contributed by atoms with Gasteiger partial charge in [0, 0.05) is 11.3 Å². The molecule has 0 unspecified atom stereocenters. The van der Waals surface area contributed by atoms with Crippen molar-refractivity contribution in [3.05, 3.63) is 59.9 Å². The number of methoxy groups -OCH3 is 1. The predicted molar refractivity (Wildman–Crippen MR) is 98.0 cm³/mol. The maximum Gasteiger partial charge on any atom is 0.279 e. The van der Waals surface area contributed by atoms with Crippen molar-refractivity contribution in [1.82, 2.24) is 0 Å². The van der Waals surface area contributed by atoms with Crippen molar-refractivity contribution in [3.63, 3.8) is 0 Å². The molecular formula is C20H26FN3O2+2. The largest absolute Gasteiger partial charge is 0.497 e. The third kappa shape index (κ3) is 5.28. The van der Waals surface area contributed by atoms with E-state index in [9.17, 15) is 9.18 Å². The Morgan fingerprint density at radius 1 is 1.00 bits per heavy atom. The number of quaternary nitrogens is 2. The molecule has 2 aromatic rings. The van der Waals surface area contributed by atoms with Crippen LogP contribution in [0.5, 0.6) is 5.75 Å². The number of amides is 1. The van der Waals surface area contributed by atoms with E-state index in [0.29, 0.717) is 12.2 Å². The van der Waals surface area contributed by atoms with Crippen LogP contribution in [0.4, 0.5) is 10.1 Å². The van der Waals surface area contributed by atoms with Gasteiger partial charge in [-0.2, -0.15) is 0 Å². The fourth-order valence-electron chi connectivity index (χ4n) is 3.31. The van der Waals surface area contributed by atoms with Crippen molar-refractivity contribution in [3.8, 4) is 5.75 Å². The van der Waals surface area contributed by atoms with Crippen molar-refractivity contribution in [2.75, 3.05) is 45.2 Å². The van der Waals surface area contributed by atoms with Crippen molar-refractivity contribution in [2.24, 2.45) is 0 Å². The molecule has 6 heteroatoms. The van der Waals surface area contributed by atoms with E-state index >= 15 is 0 Å². The molecule has 1 saturated heterocycles. The molecule has 0 bridgehead atoms. The van der Waals surface area contributed by atoms with Crippen LogP contribution in [-0.4, -0.2) is 45.7 Å². The molecule has 3 N–H and O–H groups in total. The van der Waals surface area contributed by atoms with Crippen molar-refractivity contribution < 1.29 is 23.7 Å². The van der Waals surface area contributed by atoms with Crippen LogP contribution in [0.2, 0.25) is 0 Å². The lowest BCUT2D eigenvalue weighted by Gasteiger charge is -2.29. The number of benzene rings is 2. The van der Waals surface area contributed by atoms with Crippen LogP contribution in [0.3, 0.4) is 0 Å². The summed E-state index contributed by atoms with van der Waals surface area (Å²) in [5.74, 6) is 0.556. The Morgan fingerprint density at radius 2 is 1.62 bits per heavy atom. The quantitative estimate of drug-likeness (QED) is 0.667. The zero-order valence-corrected chi connectivity index (χ0v) is 15.1. The fraction of sp³-hybridized carbons (Fsp3) is 0.350. The van der Waals surface area contributed by atoms with Gasteiger partial charge in [-0.05, 0) is 48.5 Å². The van der Waals surface area contributed by atoms with Gasteiger partial charge >= 0.3 is 0 Å². The van der Waals surface area contributed by atoms with E-state index in [1.165, 1.54) is 27.5 Å². The summed E-state index contributed by atoms with van der Waals surface area (Å²) < 4.78 is 18.1. The summed E-state index contributed by atoms with van der Waals surface area (Å²) >= 11 is 0. The lowest BCUT2D eigenvalue weighted by Crippen LogP contribution is -3.28. The molecule has 1 fully saturated rings. The highest BCUT2D eigenvalue weighted by atomic mass is 19.1. The number of piperazine rings is 1. The highest BCUT2D eigenvalue weighted by Gasteiger charge is 2.24. The van der Waals surface area contributed by atoms with E-state index in [4.69, 9.17) is 4.74 Å². The van der Waals surface area contributed by atoms with Gasteiger partial charge in [0.2, 0.25) is 0 Å². The number of halogens is 1. The second-order valence-corrected chi connectivity index (χ2v) is 6.76. The lowest BCUT2D eigenvalue weighted by molar-refractivity contribution is -1.02. The number of nitrogens with one attached hydrogen (secondary N) is 3. The molecule has 5 nitrogen and oxygen atoms in total. The third-order valence-corrected chi connectivity index (χ3v) is 4.82. The number of carbonyl (C=O) groups is 1. The predicted octanol–water partition coefficient (Wildman–Crippen LogP) is -0.244. The minimum absolute atomic E-state index is 0.0230. The molecular weight excluding hydrogens is 333 g/mol. The maximum absolute atomic E-state index is 12.9. The Bertz CT molecular complexity index is 711. The van der Waals surface area contributed by atoms with E-state index < -0.39 is 0 Å². The van der Waals surface area contributed by atoms with Crippen molar-refractivity contribution >= 4 is 11.6 Å². The molecule has 0 saturated carbocycles. The number of carbonyl (C=O) groups excluding carboxylic acids is 1. The highest BCUT2D eigenvalue weighted by molar-refractivity contribution is 5.91. The van der Waals surface area contributed by atoms with Gasteiger partial charge in [-0.15, -0.1) is 0 Å². The monoisotopic (exact) mass is 359 g/mol. The molecule has 1 heterocycles. The second-order valence-electron chi connectivity index (χ2n) is 6.76. The van der Waals surface area contributed by atoms with Crippen LogP contribution in [0.1, 0.15) is 5.56 Å². The van der Waals surface area contributed by atoms with E-state index in [1.54, 1.807) is 19.2 Å². The Labute approximate surface area is 153 Å². The van der Waals surface area contributed by atoms with Gasteiger partial charge in [0.25, 0.3) is 5.91 Å². The molecule has 1 aliphatic heterocycles. The van der Waals surface area contributed by atoms with Crippen LogP contribution in [0.15, 0.2) is 48.5 Å². The van der Waals surface area contributed by atoms with Gasteiger partial charge in [0.1, 0.15) is 44.3 Å². The molecule has 0 radical (unpaired) electrons. The van der Waals surface area contributed by atoms with Crippen LogP contribution in [0, 0.1) is 5.82 Å². The molecule has 1 amide bonds. The first-order valence-electron chi connectivity index (χ1n) is 8.98. The maximum atomic E-state index is 12.9. The molecule has 2 aromatic carbocycles. The summed E-state index contributed by atoms with van der Waals surface area (Å²) in [7, 11) is 1.68. The summed E-state index contributed by atoms with van der Waals surface area (Å²) in [4.78, 5) is 15.0.